The van der Waals surface area contributed by atoms with E-state index in [0.717, 1.165) is 36.8 Å². The molecule has 1 N–H and O–H groups in total. The number of amides is 1. The molecule has 1 amide bonds. The number of hydrogen-bond donors (Lipinski definition) is 1. The zero-order valence-corrected chi connectivity index (χ0v) is 16.3. The first kappa shape index (κ1) is 18.2. The van der Waals surface area contributed by atoms with E-state index in [1.54, 1.807) is 0 Å². The SMILES string of the molecule is O=C(O)[C@@H]1[C@H]2CCCC[C@H]2CN1C(=O)OCC1c2ccccc2-c2ccccc21. The summed E-state index contributed by atoms with van der Waals surface area (Å²) in [7, 11) is 0. The van der Waals surface area contributed by atoms with Crippen molar-refractivity contribution in [3.8, 4) is 11.1 Å². The maximum Gasteiger partial charge on any atom is 0.410 e. The summed E-state index contributed by atoms with van der Waals surface area (Å²) in [5.74, 6) is -0.584. The zero-order chi connectivity index (χ0) is 20.0. The summed E-state index contributed by atoms with van der Waals surface area (Å²) in [4.78, 5) is 26.3. The second-order valence-electron chi connectivity index (χ2n) is 8.45. The minimum Gasteiger partial charge on any atom is -0.480 e. The predicted molar refractivity (Wildman–Crippen MR) is 109 cm³/mol. The molecule has 1 aliphatic heterocycles. The number of carboxylic acid groups (broad SMARTS) is 1. The molecule has 2 aliphatic carbocycles. The van der Waals surface area contributed by atoms with Crippen LogP contribution in [0.15, 0.2) is 48.5 Å². The summed E-state index contributed by atoms with van der Waals surface area (Å²) in [5, 5.41) is 9.76. The lowest BCUT2D eigenvalue weighted by Gasteiger charge is -2.27. The average Bonchev–Trinajstić information content (AvgIpc) is 3.28. The molecule has 1 saturated carbocycles. The van der Waals surface area contributed by atoms with Crippen LogP contribution in [-0.4, -0.2) is 41.3 Å². The van der Waals surface area contributed by atoms with Crippen LogP contribution in [-0.2, 0) is 9.53 Å². The van der Waals surface area contributed by atoms with Gasteiger partial charge in [0.25, 0.3) is 0 Å². The molecular formula is C24H25NO4. The molecule has 150 valence electrons. The van der Waals surface area contributed by atoms with Gasteiger partial charge in [0.2, 0.25) is 0 Å². The Balaban J connectivity index is 1.35. The Hall–Kier alpha value is -2.82. The number of carbonyl (C=O) groups is 2. The van der Waals surface area contributed by atoms with E-state index in [1.807, 2.05) is 24.3 Å². The van der Waals surface area contributed by atoms with Crippen molar-refractivity contribution in [2.45, 2.75) is 37.6 Å². The second kappa shape index (κ2) is 7.21. The van der Waals surface area contributed by atoms with Crippen molar-refractivity contribution in [2.75, 3.05) is 13.2 Å². The summed E-state index contributed by atoms with van der Waals surface area (Å²) < 4.78 is 5.73. The highest BCUT2D eigenvalue weighted by Gasteiger charge is 2.49. The molecule has 2 aromatic rings. The summed E-state index contributed by atoms with van der Waals surface area (Å²) in [6.45, 7) is 0.726. The zero-order valence-electron chi connectivity index (χ0n) is 16.3. The Labute approximate surface area is 170 Å². The number of nitrogens with zero attached hydrogens (tertiary/aromatic N) is 1. The maximum atomic E-state index is 12.9. The maximum absolute atomic E-state index is 12.9. The van der Waals surface area contributed by atoms with Crippen LogP contribution in [0.3, 0.4) is 0 Å². The third-order valence-electron chi connectivity index (χ3n) is 6.96. The first-order valence-corrected chi connectivity index (χ1v) is 10.5. The van der Waals surface area contributed by atoms with Gasteiger partial charge in [-0.1, -0.05) is 61.4 Å². The first-order chi connectivity index (χ1) is 14.1. The average molecular weight is 391 g/mol. The fourth-order valence-electron chi connectivity index (χ4n) is 5.66. The third kappa shape index (κ3) is 3.00. The predicted octanol–water partition coefficient (Wildman–Crippen LogP) is 4.51. The molecule has 3 aliphatic rings. The van der Waals surface area contributed by atoms with E-state index in [1.165, 1.54) is 16.0 Å². The first-order valence-electron chi connectivity index (χ1n) is 10.5. The van der Waals surface area contributed by atoms with Crippen LogP contribution in [0.5, 0.6) is 0 Å². The highest BCUT2D eigenvalue weighted by Crippen LogP contribution is 2.45. The van der Waals surface area contributed by atoms with Gasteiger partial charge in [-0.3, -0.25) is 4.90 Å². The van der Waals surface area contributed by atoms with Crippen molar-refractivity contribution in [2.24, 2.45) is 11.8 Å². The molecule has 5 nitrogen and oxygen atoms in total. The molecule has 5 heteroatoms. The Morgan fingerprint density at radius 2 is 1.59 bits per heavy atom. The van der Waals surface area contributed by atoms with E-state index in [4.69, 9.17) is 4.74 Å². The topological polar surface area (TPSA) is 66.8 Å². The van der Waals surface area contributed by atoms with Gasteiger partial charge in [0.15, 0.2) is 0 Å². The molecule has 2 aromatic carbocycles. The molecule has 1 heterocycles. The van der Waals surface area contributed by atoms with E-state index >= 15 is 0 Å². The van der Waals surface area contributed by atoms with Crippen LogP contribution in [0.1, 0.15) is 42.7 Å². The molecule has 29 heavy (non-hydrogen) atoms. The Bertz CT molecular complexity index is 910. The second-order valence-corrected chi connectivity index (χ2v) is 8.45. The summed E-state index contributed by atoms with van der Waals surface area (Å²) in [6, 6.07) is 15.7. The summed E-state index contributed by atoms with van der Waals surface area (Å²) in [6.07, 6.45) is 3.56. The van der Waals surface area contributed by atoms with Crippen molar-refractivity contribution < 1.29 is 19.4 Å². The van der Waals surface area contributed by atoms with Crippen molar-refractivity contribution in [1.82, 2.24) is 4.90 Å². The Morgan fingerprint density at radius 3 is 2.24 bits per heavy atom. The molecule has 0 radical (unpaired) electrons. The largest absolute Gasteiger partial charge is 0.480 e. The molecule has 0 bridgehead atoms. The number of likely N-dealkylation sites (tertiary alicyclic amines) is 1. The van der Waals surface area contributed by atoms with E-state index in [0.29, 0.717) is 6.54 Å². The molecule has 0 spiro atoms. The number of hydrogen-bond acceptors (Lipinski definition) is 3. The standard InChI is InChI=1S/C24H25NO4/c26-23(27)22-16-8-2-1-7-15(16)13-25(22)24(28)29-14-21-19-11-5-3-9-17(19)18-10-4-6-12-20(18)21/h3-6,9-12,15-16,21-22H,1-2,7-8,13-14H2,(H,26,27)/t15-,16-,22-/m0/s1. The number of fused-ring (bicyclic) bond motifs is 4. The van der Waals surface area contributed by atoms with E-state index in [9.17, 15) is 14.7 Å². The number of carboxylic acids is 1. The van der Waals surface area contributed by atoms with Gasteiger partial charge in [0.1, 0.15) is 12.6 Å². The van der Waals surface area contributed by atoms with Crippen molar-refractivity contribution >= 4 is 12.1 Å². The minimum atomic E-state index is -0.909. The summed E-state index contributed by atoms with van der Waals surface area (Å²) in [5.41, 5.74) is 4.68. The highest BCUT2D eigenvalue weighted by molar-refractivity contribution is 5.82. The Morgan fingerprint density at radius 1 is 0.966 bits per heavy atom. The van der Waals surface area contributed by atoms with Gasteiger partial charge in [-0.25, -0.2) is 9.59 Å². The van der Waals surface area contributed by atoms with Crippen LogP contribution in [0.4, 0.5) is 4.79 Å². The summed E-state index contributed by atoms with van der Waals surface area (Å²) >= 11 is 0. The Kier molecular flexibility index (Phi) is 4.53. The van der Waals surface area contributed by atoms with Gasteiger partial charge < -0.3 is 9.84 Å². The number of rotatable bonds is 3. The van der Waals surface area contributed by atoms with E-state index in [2.05, 4.69) is 24.3 Å². The smallest absolute Gasteiger partial charge is 0.410 e. The minimum absolute atomic E-state index is 0.0143. The van der Waals surface area contributed by atoms with Crippen molar-refractivity contribution in [3.63, 3.8) is 0 Å². The monoisotopic (exact) mass is 391 g/mol. The van der Waals surface area contributed by atoms with Crippen molar-refractivity contribution in [1.29, 1.82) is 0 Å². The fraction of sp³-hybridized carbons (Fsp3) is 0.417. The normalized spacial score (nSPS) is 25.2. The fourth-order valence-corrected chi connectivity index (χ4v) is 5.66. The number of carbonyl (C=O) groups excluding carboxylic acids is 1. The highest BCUT2D eigenvalue weighted by atomic mass is 16.6. The quantitative estimate of drug-likeness (QED) is 0.836. The van der Waals surface area contributed by atoms with E-state index < -0.39 is 18.1 Å². The van der Waals surface area contributed by atoms with Crippen LogP contribution in [0.25, 0.3) is 11.1 Å². The van der Waals surface area contributed by atoms with Gasteiger partial charge in [-0.15, -0.1) is 0 Å². The lowest BCUT2D eigenvalue weighted by molar-refractivity contribution is -0.143. The van der Waals surface area contributed by atoms with Crippen LogP contribution >= 0.6 is 0 Å². The number of ether oxygens (including phenoxy) is 1. The molecule has 5 rings (SSSR count). The molecule has 3 atom stereocenters. The third-order valence-corrected chi connectivity index (χ3v) is 6.96. The van der Waals surface area contributed by atoms with Gasteiger partial charge in [0, 0.05) is 12.5 Å². The number of aliphatic carboxylic acids is 1. The van der Waals surface area contributed by atoms with Gasteiger partial charge in [-0.2, -0.15) is 0 Å². The van der Waals surface area contributed by atoms with E-state index in [-0.39, 0.29) is 24.4 Å². The van der Waals surface area contributed by atoms with Crippen LogP contribution < -0.4 is 0 Å². The molecule has 0 aromatic heterocycles. The van der Waals surface area contributed by atoms with Gasteiger partial charge in [0.05, 0.1) is 0 Å². The van der Waals surface area contributed by atoms with Gasteiger partial charge in [-0.05, 0) is 46.9 Å². The lowest BCUT2D eigenvalue weighted by atomic mass is 9.78. The van der Waals surface area contributed by atoms with Gasteiger partial charge >= 0.3 is 12.1 Å². The van der Waals surface area contributed by atoms with Crippen LogP contribution in [0, 0.1) is 11.8 Å². The molecule has 0 unspecified atom stereocenters. The van der Waals surface area contributed by atoms with Crippen molar-refractivity contribution in [3.05, 3.63) is 59.7 Å². The lowest BCUT2D eigenvalue weighted by Crippen LogP contribution is -2.44. The molecule has 1 saturated heterocycles. The number of benzene rings is 2. The molecular weight excluding hydrogens is 366 g/mol. The molecule has 2 fully saturated rings. The van der Waals surface area contributed by atoms with Crippen LogP contribution in [0.2, 0.25) is 0 Å².